The van der Waals surface area contributed by atoms with Crippen LogP contribution in [-0.4, -0.2) is 51.2 Å². The highest BCUT2D eigenvalue weighted by Gasteiger charge is 2.03. The van der Waals surface area contributed by atoms with Crippen LogP contribution in [0.25, 0.3) is 0 Å². The van der Waals surface area contributed by atoms with Crippen molar-refractivity contribution in [3.63, 3.8) is 0 Å². The number of amides is 1. The molecule has 4 heteroatoms. The lowest BCUT2D eigenvalue weighted by Gasteiger charge is -2.12. The molecule has 0 unspecified atom stereocenters. The van der Waals surface area contributed by atoms with Crippen LogP contribution in [0.5, 0.6) is 0 Å². The molecule has 0 aromatic rings. The van der Waals surface area contributed by atoms with E-state index in [1.54, 1.807) is 19.1 Å². The quantitative estimate of drug-likeness (QED) is 0.439. The fourth-order valence-corrected chi connectivity index (χ4v) is 0.805. The second-order valence-electron chi connectivity index (χ2n) is 2.72. The van der Waals surface area contributed by atoms with Gasteiger partial charge in [-0.25, -0.2) is 0 Å². The largest absolute Gasteiger partial charge is 0.383 e. The van der Waals surface area contributed by atoms with E-state index in [0.29, 0.717) is 26.2 Å². The van der Waals surface area contributed by atoms with Gasteiger partial charge in [-0.2, -0.15) is 0 Å². The topological polar surface area (TPSA) is 41.6 Å². The summed E-state index contributed by atoms with van der Waals surface area (Å²) in [6.07, 6.45) is 5.08. The number of hydrogen-bond donors (Lipinski definition) is 1. The maximum atomic E-state index is 11.1. The molecule has 0 aromatic carbocycles. The fourth-order valence-electron chi connectivity index (χ4n) is 0.805. The Labute approximate surface area is 79.2 Å². The molecule has 0 fully saturated rings. The number of nitrogens with one attached hydrogen (secondary N) is 1. The molecule has 0 spiro atoms. The number of terminal acetylenes is 1. The van der Waals surface area contributed by atoms with Gasteiger partial charge in [0.05, 0.1) is 19.7 Å². The third-order valence-corrected chi connectivity index (χ3v) is 1.40. The Morgan fingerprint density at radius 2 is 2.38 bits per heavy atom. The van der Waals surface area contributed by atoms with Crippen molar-refractivity contribution in [1.82, 2.24) is 10.2 Å². The van der Waals surface area contributed by atoms with Crippen molar-refractivity contribution >= 4 is 5.91 Å². The van der Waals surface area contributed by atoms with Gasteiger partial charge >= 0.3 is 0 Å². The fraction of sp³-hybridized carbons (Fsp3) is 0.667. The second kappa shape index (κ2) is 7.59. The molecular formula is C9H16N2O2. The summed E-state index contributed by atoms with van der Waals surface area (Å²) in [5.74, 6) is 2.43. The van der Waals surface area contributed by atoms with Gasteiger partial charge in [0.25, 0.3) is 0 Å². The van der Waals surface area contributed by atoms with Gasteiger partial charge < -0.3 is 10.1 Å². The molecule has 0 aliphatic carbocycles. The van der Waals surface area contributed by atoms with Gasteiger partial charge in [0.15, 0.2) is 0 Å². The van der Waals surface area contributed by atoms with Crippen LogP contribution >= 0.6 is 0 Å². The summed E-state index contributed by atoms with van der Waals surface area (Å²) in [5.41, 5.74) is 0. The summed E-state index contributed by atoms with van der Waals surface area (Å²) in [7, 11) is 3.40. The molecule has 0 aliphatic heterocycles. The molecule has 0 rings (SSSR count). The third-order valence-electron chi connectivity index (χ3n) is 1.40. The van der Waals surface area contributed by atoms with E-state index >= 15 is 0 Å². The molecule has 0 saturated carbocycles. The van der Waals surface area contributed by atoms with Gasteiger partial charge in [0.1, 0.15) is 0 Å². The summed E-state index contributed by atoms with van der Waals surface area (Å²) in [6, 6.07) is 0. The van der Waals surface area contributed by atoms with Gasteiger partial charge in [0.2, 0.25) is 5.91 Å². The Kier molecular flexibility index (Phi) is 6.98. The zero-order valence-electron chi connectivity index (χ0n) is 8.17. The second-order valence-corrected chi connectivity index (χ2v) is 2.72. The molecular weight excluding hydrogens is 168 g/mol. The molecule has 0 aromatic heterocycles. The molecule has 0 atom stereocenters. The molecule has 13 heavy (non-hydrogen) atoms. The van der Waals surface area contributed by atoms with Crippen molar-refractivity contribution in [2.45, 2.75) is 0 Å². The molecule has 1 amide bonds. The van der Waals surface area contributed by atoms with Crippen molar-refractivity contribution in [1.29, 1.82) is 0 Å². The first-order valence-electron chi connectivity index (χ1n) is 4.08. The zero-order valence-corrected chi connectivity index (χ0v) is 8.17. The molecule has 0 bridgehead atoms. The van der Waals surface area contributed by atoms with Crippen LogP contribution in [0.2, 0.25) is 0 Å². The summed E-state index contributed by atoms with van der Waals surface area (Å²) in [5, 5.41) is 2.70. The average Bonchev–Trinajstić information content (AvgIpc) is 2.05. The Hall–Kier alpha value is -1.05. The van der Waals surface area contributed by atoms with Crippen LogP contribution in [0.4, 0.5) is 0 Å². The molecule has 0 saturated heterocycles. The maximum Gasteiger partial charge on any atom is 0.234 e. The van der Waals surface area contributed by atoms with Gasteiger partial charge in [-0.1, -0.05) is 5.92 Å². The first-order valence-corrected chi connectivity index (χ1v) is 4.08. The molecule has 0 heterocycles. The standard InChI is InChI=1S/C9H16N2O2/c1-4-6-11(2)8-9(12)10-5-7-13-3/h1H,5-8H2,2-3H3,(H,10,12). The molecule has 0 aliphatic rings. The number of carbonyl (C=O) groups is 1. The highest BCUT2D eigenvalue weighted by atomic mass is 16.5. The van der Waals surface area contributed by atoms with Crippen molar-refractivity contribution < 1.29 is 9.53 Å². The Morgan fingerprint density at radius 3 is 2.92 bits per heavy atom. The highest BCUT2D eigenvalue weighted by molar-refractivity contribution is 5.77. The van der Waals surface area contributed by atoms with E-state index in [9.17, 15) is 4.79 Å². The lowest BCUT2D eigenvalue weighted by atomic mass is 10.5. The first-order chi connectivity index (χ1) is 6.20. The third kappa shape index (κ3) is 7.32. The monoisotopic (exact) mass is 184 g/mol. The number of carbonyl (C=O) groups excluding carboxylic acids is 1. The van der Waals surface area contributed by atoms with Crippen LogP contribution in [0, 0.1) is 12.3 Å². The lowest BCUT2D eigenvalue weighted by molar-refractivity contribution is -0.122. The molecule has 1 N–H and O–H groups in total. The van der Waals surface area contributed by atoms with E-state index < -0.39 is 0 Å². The minimum atomic E-state index is -0.0326. The minimum Gasteiger partial charge on any atom is -0.383 e. The zero-order chi connectivity index (χ0) is 10.1. The lowest BCUT2D eigenvalue weighted by Crippen LogP contribution is -2.36. The first kappa shape index (κ1) is 11.9. The summed E-state index contributed by atoms with van der Waals surface area (Å²) < 4.78 is 4.78. The Balaban J connectivity index is 3.45. The van der Waals surface area contributed by atoms with Gasteiger partial charge in [-0.15, -0.1) is 6.42 Å². The van der Waals surface area contributed by atoms with Gasteiger partial charge in [-0.3, -0.25) is 9.69 Å². The molecule has 4 nitrogen and oxygen atoms in total. The van der Waals surface area contributed by atoms with Gasteiger partial charge in [-0.05, 0) is 7.05 Å². The summed E-state index contributed by atoms with van der Waals surface area (Å²) >= 11 is 0. The van der Waals surface area contributed by atoms with E-state index in [1.165, 1.54) is 0 Å². The van der Waals surface area contributed by atoms with Crippen LogP contribution in [-0.2, 0) is 9.53 Å². The van der Waals surface area contributed by atoms with Crippen LogP contribution in [0.1, 0.15) is 0 Å². The highest BCUT2D eigenvalue weighted by Crippen LogP contribution is 1.79. The van der Waals surface area contributed by atoms with E-state index in [0.717, 1.165) is 0 Å². The van der Waals surface area contributed by atoms with E-state index in [-0.39, 0.29) is 5.91 Å². The molecule has 74 valence electrons. The van der Waals surface area contributed by atoms with Crippen molar-refractivity contribution in [2.75, 3.05) is 40.4 Å². The van der Waals surface area contributed by atoms with E-state index in [1.807, 2.05) is 0 Å². The Bertz CT molecular complexity index is 187. The maximum absolute atomic E-state index is 11.1. The molecule has 0 radical (unpaired) electrons. The van der Waals surface area contributed by atoms with Crippen molar-refractivity contribution in [3.8, 4) is 12.3 Å². The average molecular weight is 184 g/mol. The smallest absolute Gasteiger partial charge is 0.234 e. The van der Waals surface area contributed by atoms with Crippen LogP contribution in [0.15, 0.2) is 0 Å². The van der Waals surface area contributed by atoms with Crippen molar-refractivity contribution in [3.05, 3.63) is 0 Å². The predicted molar refractivity (Wildman–Crippen MR) is 51.2 cm³/mol. The van der Waals surface area contributed by atoms with Crippen LogP contribution in [0.3, 0.4) is 0 Å². The SMILES string of the molecule is C#CCN(C)CC(=O)NCCOC. The number of hydrogen-bond acceptors (Lipinski definition) is 3. The van der Waals surface area contributed by atoms with Gasteiger partial charge in [0, 0.05) is 13.7 Å². The van der Waals surface area contributed by atoms with E-state index in [4.69, 9.17) is 11.2 Å². The number of methoxy groups -OCH3 is 1. The number of nitrogens with zero attached hydrogens (tertiary/aromatic N) is 1. The summed E-state index contributed by atoms with van der Waals surface area (Å²) in [6.45, 7) is 1.88. The minimum absolute atomic E-state index is 0.0326. The predicted octanol–water partition coefficient (Wildman–Crippen LogP) is -0.686. The Morgan fingerprint density at radius 1 is 1.69 bits per heavy atom. The van der Waals surface area contributed by atoms with E-state index in [2.05, 4.69) is 11.2 Å². The summed E-state index contributed by atoms with van der Waals surface area (Å²) in [4.78, 5) is 12.9. The number of likely N-dealkylation sites (N-methyl/N-ethyl adjacent to an activating group) is 1. The van der Waals surface area contributed by atoms with Crippen LogP contribution < -0.4 is 5.32 Å². The number of ether oxygens (including phenoxy) is 1. The van der Waals surface area contributed by atoms with Crippen molar-refractivity contribution in [2.24, 2.45) is 0 Å². The number of rotatable bonds is 6. The normalized spacial score (nSPS) is 9.69.